The lowest BCUT2D eigenvalue weighted by Gasteiger charge is -2.44. The van der Waals surface area contributed by atoms with Crippen LogP contribution >= 0.6 is 0 Å². The zero-order valence-electron chi connectivity index (χ0n) is 23.0. The summed E-state index contributed by atoms with van der Waals surface area (Å²) in [6, 6.07) is 6.84. The standard InChI is InChI=1S/C32H46O4S/c1-23-9-15-29(16-10-23)37(34,35)36-20-6-7-25(3)30-17-18-31-27(8-5-19-32(30,31)4)13-14-28-21-26(22-33)12-11-24(28)2/h9-10,13-16,25-26,30-31,33H,2,5-8,11-12,17-22H2,1,3-4H3/b27-13+,28-14-/t25?,26-,30+,31-,32+/m0/s1. The summed E-state index contributed by atoms with van der Waals surface area (Å²) >= 11 is 0. The topological polar surface area (TPSA) is 63.6 Å². The summed E-state index contributed by atoms with van der Waals surface area (Å²) in [5, 5.41) is 9.62. The van der Waals surface area contributed by atoms with E-state index in [1.54, 1.807) is 29.8 Å². The Hall–Kier alpha value is -1.69. The largest absolute Gasteiger partial charge is 0.396 e. The zero-order valence-corrected chi connectivity index (χ0v) is 23.9. The molecule has 37 heavy (non-hydrogen) atoms. The highest BCUT2D eigenvalue weighted by molar-refractivity contribution is 7.86. The van der Waals surface area contributed by atoms with Crippen LogP contribution < -0.4 is 0 Å². The number of rotatable bonds is 9. The van der Waals surface area contributed by atoms with Gasteiger partial charge >= 0.3 is 0 Å². The average molecular weight is 527 g/mol. The van der Waals surface area contributed by atoms with Crippen LogP contribution in [-0.4, -0.2) is 26.7 Å². The monoisotopic (exact) mass is 526 g/mol. The maximum absolute atomic E-state index is 12.5. The minimum Gasteiger partial charge on any atom is -0.396 e. The molecule has 3 saturated carbocycles. The Balaban J connectivity index is 1.34. The molecule has 0 aliphatic heterocycles. The van der Waals surface area contributed by atoms with E-state index in [4.69, 9.17) is 4.18 Å². The molecule has 0 spiro atoms. The lowest BCUT2D eigenvalue weighted by Crippen LogP contribution is -2.36. The molecule has 5 atom stereocenters. The minimum atomic E-state index is -3.69. The van der Waals surface area contributed by atoms with Crippen molar-refractivity contribution in [2.45, 2.75) is 89.9 Å². The summed E-state index contributed by atoms with van der Waals surface area (Å²) in [6.45, 7) is 11.6. The van der Waals surface area contributed by atoms with Crippen molar-refractivity contribution in [1.29, 1.82) is 0 Å². The van der Waals surface area contributed by atoms with Crippen LogP contribution in [0.5, 0.6) is 0 Å². The van der Waals surface area contributed by atoms with E-state index in [0.29, 0.717) is 29.1 Å². The van der Waals surface area contributed by atoms with E-state index in [2.05, 4.69) is 32.6 Å². The Labute approximate surface area is 225 Å². The Morgan fingerprint density at radius 3 is 2.65 bits per heavy atom. The van der Waals surface area contributed by atoms with Crippen LogP contribution in [-0.2, 0) is 14.3 Å². The minimum absolute atomic E-state index is 0.234. The van der Waals surface area contributed by atoms with E-state index in [1.807, 2.05) is 6.92 Å². The van der Waals surface area contributed by atoms with Gasteiger partial charge in [-0.3, -0.25) is 4.18 Å². The van der Waals surface area contributed by atoms with E-state index in [1.165, 1.54) is 43.3 Å². The molecular weight excluding hydrogens is 480 g/mol. The van der Waals surface area contributed by atoms with Gasteiger partial charge in [0.05, 0.1) is 11.5 Å². The third-order valence-electron chi connectivity index (χ3n) is 9.65. The first-order chi connectivity index (χ1) is 17.6. The molecule has 1 aromatic carbocycles. The lowest BCUT2D eigenvalue weighted by atomic mass is 9.60. The van der Waals surface area contributed by atoms with Crippen LogP contribution in [0.15, 0.2) is 64.6 Å². The molecule has 4 rings (SSSR count). The third-order valence-corrected chi connectivity index (χ3v) is 11.0. The van der Waals surface area contributed by atoms with Gasteiger partial charge in [0, 0.05) is 6.61 Å². The molecule has 1 N–H and O–H groups in total. The summed E-state index contributed by atoms with van der Waals surface area (Å²) in [7, 11) is -3.69. The van der Waals surface area contributed by atoms with Gasteiger partial charge in [0.1, 0.15) is 0 Å². The predicted octanol–water partition coefficient (Wildman–Crippen LogP) is 7.53. The van der Waals surface area contributed by atoms with Gasteiger partial charge in [0.2, 0.25) is 0 Å². The summed E-state index contributed by atoms with van der Waals surface area (Å²) in [6.07, 6.45) is 15.7. The molecule has 1 unspecified atom stereocenters. The number of benzene rings is 1. The molecule has 3 aliphatic carbocycles. The number of fused-ring (bicyclic) bond motifs is 1. The Morgan fingerprint density at radius 1 is 1.16 bits per heavy atom. The van der Waals surface area contributed by atoms with E-state index in [9.17, 15) is 13.5 Å². The van der Waals surface area contributed by atoms with Gasteiger partial charge in [0.15, 0.2) is 0 Å². The van der Waals surface area contributed by atoms with Crippen molar-refractivity contribution < 1.29 is 17.7 Å². The molecule has 204 valence electrons. The highest BCUT2D eigenvalue weighted by atomic mass is 32.2. The van der Waals surface area contributed by atoms with Crippen LogP contribution in [0.2, 0.25) is 0 Å². The molecule has 0 bridgehead atoms. The number of hydrogen-bond donors (Lipinski definition) is 1. The van der Waals surface area contributed by atoms with Gasteiger partial charge in [-0.15, -0.1) is 0 Å². The first-order valence-electron chi connectivity index (χ1n) is 14.3. The number of aliphatic hydroxyl groups excluding tert-OH is 1. The van der Waals surface area contributed by atoms with Crippen LogP contribution in [0.3, 0.4) is 0 Å². The smallest absolute Gasteiger partial charge is 0.296 e. The predicted molar refractivity (Wildman–Crippen MR) is 151 cm³/mol. The number of hydrogen-bond acceptors (Lipinski definition) is 4. The molecule has 4 nitrogen and oxygen atoms in total. The second kappa shape index (κ2) is 12.0. The molecule has 0 aromatic heterocycles. The first-order valence-corrected chi connectivity index (χ1v) is 15.7. The molecule has 5 heteroatoms. The average Bonchev–Trinajstić information content (AvgIpc) is 3.24. The number of aliphatic hydroxyl groups is 1. The van der Waals surface area contributed by atoms with E-state index in [0.717, 1.165) is 37.7 Å². The fraction of sp³-hybridized carbons (Fsp3) is 0.625. The first kappa shape index (κ1) is 28.3. The summed E-state index contributed by atoms with van der Waals surface area (Å²) in [5.74, 6) is 2.21. The van der Waals surface area contributed by atoms with Gasteiger partial charge in [-0.2, -0.15) is 8.42 Å². The van der Waals surface area contributed by atoms with Crippen LogP contribution in [0.1, 0.15) is 83.6 Å². The van der Waals surface area contributed by atoms with Crippen LogP contribution in [0, 0.1) is 36.0 Å². The van der Waals surface area contributed by atoms with Crippen molar-refractivity contribution in [3.8, 4) is 0 Å². The van der Waals surface area contributed by atoms with Gasteiger partial charge in [-0.1, -0.05) is 61.4 Å². The number of allylic oxidation sites excluding steroid dienone is 5. The van der Waals surface area contributed by atoms with Gasteiger partial charge in [-0.25, -0.2) is 0 Å². The SMILES string of the molecule is C=C1CC[C@H](CO)C/C1=C/C=C1\CCC[C@]2(C)[C@@H](C(C)CCCOS(=O)(=O)c3ccc(C)cc3)CC[C@@H]12. The lowest BCUT2D eigenvalue weighted by molar-refractivity contribution is 0.0916. The fourth-order valence-corrected chi connectivity index (χ4v) is 8.35. The van der Waals surface area contributed by atoms with Gasteiger partial charge in [0.25, 0.3) is 10.1 Å². The third kappa shape index (κ3) is 6.49. The normalized spacial score (nSPS) is 31.6. The van der Waals surface area contributed by atoms with Crippen molar-refractivity contribution in [3.05, 3.63) is 65.3 Å². The van der Waals surface area contributed by atoms with Crippen molar-refractivity contribution in [1.82, 2.24) is 0 Å². The van der Waals surface area contributed by atoms with Crippen molar-refractivity contribution >= 4 is 10.1 Å². The molecule has 0 amide bonds. The van der Waals surface area contributed by atoms with Crippen molar-refractivity contribution in [2.24, 2.45) is 29.1 Å². The summed E-state index contributed by atoms with van der Waals surface area (Å²) in [5.41, 5.74) is 5.51. The molecule has 0 saturated heterocycles. The van der Waals surface area contributed by atoms with E-state index >= 15 is 0 Å². The molecule has 1 aromatic rings. The molecule has 3 fully saturated rings. The van der Waals surface area contributed by atoms with Crippen molar-refractivity contribution in [2.75, 3.05) is 13.2 Å². The Kier molecular flexibility index (Phi) is 9.19. The second-order valence-corrected chi connectivity index (χ2v) is 13.7. The Morgan fingerprint density at radius 2 is 1.92 bits per heavy atom. The molecule has 0 radical (unpaired) electrons. The molecular formula is C32H46O4S. The molecule has 3 aliphatic rings. The van der Waals surface area contributed by atoms with E-state index in [-0.39, 0.29) is 18.1 Å². The van der Waals surface area contributed by atoms with Crippen molar-refractivity contribution in [3.63, 3.8) is 0 Å². The maximum Gasteiger partial charge on any atom is 0.296 e. The zero-order chi connectivity index (χ0) is 26.6. The van der Waals surface area contributed by atoms with Crippen LogP contribution in [0.4, 0.5) is 0 Å². The quantitative estimate of drug-likeness (QED) is 0.267. The number of aryl methyl sites for hydroxylation is 1. The summed E-state index contributed by atoms with van der Waals surface area (Å²) < 4.78 is 30.4. The summed E-state index contributed by atoms with van der Waals surface area (Å²) in [4.78, 5) is 0.234. The van der Waals surface area contributed by atoms with Crippen LogP contribution in [0.25, 0.3) is 0 Å². The highest BCUT2D eigenvalue weighted by Gasteiger charge is 2.50. The maximum atomic E-state index is 12.5. The molecule has 0 heterocycles. The Bertz CT molecular complexity index is 1110. The van der Waals surface area contributed by atoms with Gasteiger partial charge in [-0.05, 0) is 118 Å². The second-order valence-electron chi connectivity index (χ2n) is 12.1. The van der Waals surface area contributed by atoms with Gasteiger partial charge < -0.3 is 5.11 Å². The van der Waals surface area contributed by atoms with E-state index < -0.39 is 10.1 Å². The fourth-order valence-electron chi connectivity index (χ4n) is 7.41. The highest BCUT2D eigenvalue weighted by Crippen LogP contribution is 2.59.